The van der Waals surface area contributed by atoms with Crippen LogP contribution in [-0.4, -0.2) is 74.7 Å². The molecule has 2 aliphatic heterocycles. The number of hydrogen-bond acceptors (Lipinski definition) is 9. The molecule has 0 bridgehead atoms. The summed E-state index contributed by atoms with van der Waals surface area (Å²) in [7, 11) is 1.36. The summed E-state index contributed by atoms with van der Waals surface area (Å²) in [5, 5.41) is 11.7. The smallest absolute Gasteiger partial charge is 0.305 e. The van der Waals surface area contributed by atoms with Gasteiger partial charge in [0.15, 0.2) is 12.6 Å². The van der Waals surface area contributed by atoms with E-state index < -0.39 is 12.2 Å². The Labute approximate surface area is 260 Å². The molecule has 2 heterocycles. The fourth-order valence-electron chi connectivity index (χ4n) is 6.00. The third kappa shape index (κ3) is 11.5. The number of hydrogen-bond donors (Lipinski definition) is 1. The molecule has 0 radical (unpaired) electrons. The van der Waals surface area contributed by atoms with Crippen LogP contribution in [0.2, 0.25) is 5.02 Å². The average molecular weight is 623 g/mol. The monoisotopic (exact) mass is 622 g/mol. The molecule has 0 aromatic heterocycles. The first kappa shape index (κ1) is 33.9. The van der Waals surface area contributed by atoms with Crippen LogP contribution in [0.4, 0.5) is 0 Å². The molecule has 3 aliphatic rings. The van der Waals surface area contributed by atoms with Gasteiger partial charge in [-0.25, -0.2) is 0 Å². The molecule has 1 aliphatic carbocycles. The van der Waals surface area contributed by atoms with Gasteiger partial charge in [-0.2, -0.15) is 0 Å². The van der Waals surface area contributed by atoms with Crippen molar-refractivity contribution in [3.63, 3.8) is 0 Å². The second-order valence-electron chi connectivity index (χ2n) is 11.7. The first-order valence-corrected chi connectivity index (χ1v) is 16.2. The molecule has 240 valence electrons. The normalized spacial score (nSPS) is 28.5. The second-order valence-corrected chi connectivity index (χ2v) is 12.1. The van der Waals surface area contributed by atoms with E-state index in [1.165, 1.54) is 7.11 Å². The third-order valence-electron chi connectivity index (χ3n) is 8.36. The maximum absolute atomic E-state index is 13.0. The van der Waals surface area contributed by atoms with E-state index in [4.69, 9.17) is 35.3 Å². The molecule has 0 spiro atoms. The number of aliphatic hydroxyl groups is 1. The van der Waals surface area contributed by atoms with Gasteiger partial charge < -0.3 is 33.5 Å². The highest BCUT2D eigenvalue weighted by atomic mass is 35.5. The maximum Gasteiger partial charge on any atom is 0.305 e. The predicted octanol–water partition coefficient (Wildman–Crippen LogP) is 5.79. The van der Waals surface area contributed by atoms with Gasteiger partial charge in [0.25, 0.3) is 0 Å². The van der Waals surface area contributed by atoms with Crippen molar-refractivity contribution in [2.24, 2.45) is 11.8 Å². The van der Waals surface area contributed by atoms with Crippen molar-refractivity contribution >= 4 is 23.4 Å². The summed E-state index contributed by atoms with van der Waals surface area (Å²) in [6.07, 6.45) is 10.1. The topological polar surface area (TPSA) is 110 Å². The number of esters is 1. The zero-order chi connectivity index (χ0) is 30.4. The molecule has 1 saturated carbocycles. The van der Waals surface area contributed by atoms with E-state index in [0.717, 1.165) is 38.5 Å². The minimum atomic E-state index is -0.689. The molecule has 10 heteroatoms. The minimum Gasteiger partial charge on any atom is -0.490 e. The summed E-state index contributed by atoms with van der Waals surface area (Å²) in [6.45, 7) is 1.56. The Kier molecular flexibility index (Phi) is 14.2. The number of unbranched alkanes of at least 4 members (excludes halogenated alkanes) is 1. The number of halogens is 1. The average Bonchev–Trinajstić information content (AvgIpc) is 3.30. The Morgan fingerprint density at radius 2 is 1.81 bits per heavy atom. The number of rotatable bonds is 16. The standard InChI is InChI=1S/C33H47ClO9/c1-38-31(37)12-3-2-10-24(35)20-28-27(30(21-29(28)36)43-33-14-5-7-18-40-33)16-15-26(42-32-13-4-6-17-39-32)22-41-25-11-8-9-23(34)19-25/h8-9,11,15-16,19,26-30,32-33,36H,2-7,10,12-14,17-18,20-22H2,1H3/t26-,27+,28+,29-,30+,32?,33?/m0/s1. The first-order valence-electron chi connectivity index (χ1n) is 15.8. The fraction of sp³-hybridized carbons (Fsp3) is 0.697. The molecule has 4 rings (SSSR count). The van der Waals surface area contributed by atoms with E-state index in [-0.39, 0.29) is 55.3 Å². The molecule has 9 nitrogen and oxygen atoms in total. The molecular formula is C33H47ClO9. The Hall–Kier alpha value is -2.01. The number of ether oxygens (including phenoxy) is 6. The molecule has 1 aromatic carbocycles. The van der Waals surface area contributed by atoms with Crippen LogP contribution in [0.3, 0.4) is 0 Å². The largest absolute Gasteiger partial charge is 0.490 e. The zero-order valence-corrected chi connectivity index (χ0v) is 26.0. The van der Waals surface area contributed by atoms with E-state index in [9.17, 15) is 14.7 Å². The van der Waals surface area contributed by atoms with Gasteiger partial charge in [0.1, 0.15) is 24.2 Å². The van der Waals surface area contributed by atoms with Crippen LogP contribution < -0.4 is 4.74 Å². The summed E-state index contributed by atoms with van der Waals surface area (Å²) >= 11 is 6.15. The quantitative estimate of drug-likeness (QED) is 0.139. The summed E-state index contributed by atoms with van der Waals surface area (Å²) in [6, 6.07) is 7.23. The van der Waals surface area contributed by atoms with Crippen LogP contribution in [0.1, 0.15) is 77.0 Å². The number of ketones is 1. The lowest BCUT2D eigenvalue weighted by molar-refractivity contribution is -0.193. The molecule has 43 heavy (non-hydrogen) atoms. The molecule has 1 aromatic rings. The number of aliphatic hydroxyl groups excluding tert-OH is 1. The van der Waals surface area contributed by atoms with Crippen LogP contribution in [0, 0.1) is 11.8 Å². The zero-order valence-electron chi connectivity index (χ0n) is 25.2. The summed E-state index contributed by atoms with van der Waals surface area (Å²) in [5.74, 6) is -0.0951. The van der Waals surface area contributed by atoms with Gasteiger partial charge in [-0.1, -0.05) is 29.8 Å². The van der Waals surface area contributed by atoms with Crippen molar-refractivity contribution < 1.29 is 43.1 Å². The van der Waals surface area contributed by atoms with Gasteiger partial charge in [0.2, 0.25) is 0 Å². The lowest BCUT2D eigenvalue weighted by atomic mass is 9.87. The van der Waals surface area contributed by atoms with Crippen LogP contribution in [0.25, 0.3) is 0 Å². The van der Waals surface area contributed by atoms with Gasteiger partial charge in [-0.05, 0) is 69.6 Å². The van der Waals surface area contributed by atoms with E-state index in [1.807, 2.05) is 24.3 Å². The molecule has 3 fully saturated rings. The molecule has 0 amide bonds. The molecular weight excluding hydrogens is 576 g/mol. The van der Waals surface area contributed by atoms with Crippen molar-refractivity contribution in [2.75, 3.05) is 26.9 Å². The maximum atomic E-state index is 13.0. The van der Waals surface area contributed by atoms with Gasteiger partial charge in [-0.3, -0.25) is 9.59 Å². The summed E-state index contributed by atoms with van der Waals surface area (Å²) in [4.78, 5) is 24.4. The van der Waals surface area contributed by atoms with E-state index in [2.05, 4.69) is 4.74 Å². The van der Waals surface area contributed by atoms with Crippen molar-refractivity contribution in [3.05, 3.63) is 41.4 Å². The minimum absolute atomic E-state index is 0.0644. The molecule has 2 saturated heterocycles. The van der Waals surface area contributed by atoms with Crippen LogP contribution in [-0.2, 0) is 33.3 Å². The lowest BCUT2D eigenvalue weighted by Gasteiger charge is -2.30. The van der Waals surface area contributed by atoms with Crippen molar-refractivity contribution in [2.45, 2.75) is 108 Å². The first-order chi connectivity index (χ1) is 20.9. The van der Waals surface area contributed by atoms with Crippen molar-refractivity contribution in [3.8, 4) is 5.75 Å². The SMILES string of the molecule is COC(=O)CCCCC(=O)C[C@@H]1[C@@H](C=C[C@@H](COc2cccc(Cl)c2)OC2CCCCO2)[C@H](OC2CCCCO2)C[C@@H]1O. The van der Waals surface area contributed by atoms with Crippen LogP contribution >= 0.6 is 11.6 Å². The summed E-state index contributed by atoms with van der Waals surface area (Å²) in [5.41, 5.74) is 0. The number of carbonyl (C=O) groups excluding carboxylic acids is 2. The Bertz CT molecular complexity index is 1020. The van der Waals surface area contributed by atoms with Crippen molar-refractivity contribution in [1.82, 2.24) is 0 Å². The fourth-order valence-corrected chi connectivity index (χ4v) is 6.18. The van der Waals surface area contributed by atoms with E-state index in [0.29, 0.717) is 56.1 Å². The van der Waals surface area contributed by atoms with E-state index in [1.54, 1.807) is 12.1 Å². The Morgan fingerprint density at radius 1 is 1.07 bits per heavy atom. The van der Waals surface area contributed by atoms with Gasteiger partial charge in [0, 0.05) is 55.8 Å². The van der Waals surface area contributed by atoms with Gasteiger partial charge >= 0.3 is 5.97 Å². The van der Waals surface area contributed by atoms with Crippen LogP contribution in [0.15, 0.2) is 36.4 Å². The highest BCUT2D eigenvalue weighted by molar-refractivity contribution is 6.30. The Balaban J connectivity index is 1.45. The van der Waals surface area contributed by atoms with Crippen molar-refractivity contribution in [1.29, 1.82) is 0 Å². The number of benzene rings is 1. The predicted molar refractivity (Wildman–Crippen MR) is 161 cm³/mol. The van der Waals surface area contributed by atoms with Crippen LogP contribution in [0.5, 0.6) is 5.75 Å². The molecule has 1 N–H and O–H groups in total. The molecule has 2 unspecified atom stereocenters. The van der Waals surface area contributed by atoms with Gasteiger partial charge in [-0.15, -0.1) is 0 Å². The number of Topliss-reactive ketones (excluding diaryl/α,β-unsaturated/α-hetero) is 1. The van der Waals surface area contributed by atoms with E-state index >= 15 is 0 Å². The van der Waals surface area contributed by atoms with Gasteiger partial charge in [0.05, 0.1) is 19.3 Å². The number of methoxy groups -OCH3 is 1. The highest BCUT2D eigenvalue weighted by Crippen LogP contribution is 2.40. The second kappa shape index (κ2) is 18.1. The highest BCUT2D eigenvalue weighted by Gasteiger charge is 2.44. The lowest BCUT2D eigenvalue weighted by Crippen LogP contribution is -2.32. The molecule has 7 atom stereocenters. The third-order valence-corrected chi connectivity index (χ3v) is 8.59. The number of carbonyl (C=O) groups is 2. The Morgan fingerprint density at radius 3 is 2.51 bits per heavy atom. The summed E-state index contributed by atoms with van der Waals surface area (Å²) < 4.78 is 35.2.